The summed E-state index contributed by atoms with van der Waals surface area (Å²) in [5, 5.41) is 0. The first kappa shape index (κ1) is 13.3. The highest BCUT2D eigenvalue weighted by Crippen LogP contribution is 2.47. The molecule has 20 heavy (non-hydrogen) atoms. The summed E-state index contributed by atoms with van der Waals surface area (Å²) in [4.78, 5) is 13.5. The van der Waals surface area contributed by atoms with E-state index < -0.39 is 5.91 Å². The minimum absolute atomic E-state index is 0.424. The molecule has 1 saturated heterocycles. The van der Waals surface area contributed by atoms with Crippen LogP contribution in [0.15, 0.2) is 18.2 Å². The van der Waals surface area contributed by atoms with Crippen molar-refractivity contribution in [3.63, 3.8) is 0 Å². The van der Waals surface area contributed by atoms with Gasteiger partial charge in [0, 0.05) is 18.7 Å². The fraction of sp³-hybridized carbons (Fsp3) is 0.562. The Kier molecular flexibility index (Phi) is 3.32. The Morgan fingerprint density at radius 2 is 1.75 bits per heavy atom. The van der Waals surface area contributed by atoms with Crippen LogP contribution in [0.5, 0.6) is 0 Å². The second kappa shape index (κ2) is 5.00. The third kappa shape index (κ3) is 2.35. The van der Waals surface area contributed by atoms with Crippen LogP contribution in [0.2, 0.25) is 0 Å². The van der Waals surface area contributed by atoms with Crippen LogP contribution in [0.1, 0.15) is 48.9 Å². The minimum atomic E-state index is -0.424. The zero-order chi connectivity index (χ0) is 14.2. The molecule has 0 aromatic heterocycles. The van der Waals surface area contributed by atoms with Gasteiger partial charge in [-0.15, -0.1) is 0 Å². The van der Waals surface area contributed by atoms with E-state index in [2.05, 4.69) is 4.90 Å². The van der Waals surface area contributed by atoms with Gasteiger partial charge in [0.1, 0.15) is 0 Å². The maximum Gasteiger partial charge on any atom is 0.248 e. The van der Waals surface area contributed by atoms with Gasteiger partial charge in [0.25, 0.3) is 0 Å². The maximum atomic E-state index is 11.2. The molecule has 0 radical (unpaired) electrons. The summed E-state index contributed by atoms with van der Waals surface area (Å²) in [7, 11) is 0. The second-order valence-corrected chi connectivity index (χ2v) is 6.33. The van der Waals surface area contributed by atoms with Crippen LogP contribution in [0.25, 0.3) is 0 Å². The number of hydrogen-bond acceptors (Lipinski definition) is 3. The monoisotopic (exact) mass is 273 g/mol. The highest BCUT2D eigenvalue weighted by Gasteiger charge is 2.37. The van der Waals surface area contributed by atoms with E-state index in [0.29, 0.717) is 16.7 Å². The standard InChI is InChI=1S/C16H23N3O/c17-13-11-12(15(18)20)3-4-14(13)19-9-7-16(8-10-19)5-1-2-6-16/h3-4,11H,1-2,5-10,17H2,(H2,18,20). The molecule has 2 aliphatic rings. The molecule has 1 aliphatic carbocycles. The van der Waals surface area contributed by atoms with E-state index in [-0.39, 0.29) is 0 Å². The Morgan fingerprint density at radius 1 is 1.10 bits per heavy atom. The number of anilines is 2. The summed E-state index contributed by atoms with van der Waals surface area (Å²) >= 11 is 0. The lowest BCUT2D eigenvalue weighted by Crippen LogP contribution is -2.39. The molecule has 1 aliphatic heterocycles. The quantitative estimate of drug-likeness (QED) is 0.813. The molecule has 1 amide bonds. The number of nitrogens with two attached hydrogens (primary N) is 2. The molecule has 1 heterocycles. The van der Waals surface area contributed by atoms with Crippen molar-refractivity contribution in [2.45, 2.75) is 38.5 Å². The van der Waals surface area contributed by atoms with Gasteiger partial charge in [-0.25, -0.2) is 0 Å². The summed E-state index contributed by atoms with van der Waals surface area (Å²) in [6, 6.07) is 5.40. The van der Waals surface area contributed by atoms with Crippen molar-refractivity contribution in [1.82, 2.24) is 0 Å². The normalized spacial score (nSPS) is 21.3. The average Bonchev–Trinajstić information content (AvgIpc) is 2.88. The van der Waals surface area contributed by atoms with E-state index >= 15 is 0 Å². The predicted molar refractivity (Wildman–Crippen MR) is 81.7 cm³/mol. The lowest BCUT2D eigenvalue weighted by atomic mass is 9.77. The first-order valence-corrected chi connectivity index (χ1v) is 7.54. The van der Waals surface area contributed by atoms with Crippen LogP contribution in [0.3, 0.4) is 0 Å². The van der Waals surface area contributed by atoms with E-state index in [4.69, 9.17) is 11.5 Å². The summed E-state index contributed by atoms with van der Waals surface area (Å²) in [6.07, 6.45) is 8.13. The molecule has 4 N–H and O–H groups in total. The van der Waals surface area contributed by atoms with Gasteiger partial charge in [0.2, 0.25) is 5.91 Å². The van der Waals surface area contributed by atoms with Gasteiger partial charge >= 0.3 is 0 Å². The Labute approximate surface area is 120 Å². The van der Waals surface area contributed by atoms with Crippen molar-refractivity contribution < 1.29 is 4.79 Å². The van der Waals surface area contributed by atoms with E-state index in [1.54, 1.807) is 12.1 Å². The third-order valence-corrected chi connectivity index (χ3v) is 5.14. The number of rotatable bonds is 2. The highest BCUT2D eigenvalue weighted by atomic mass is 16.1. The predicted octanol–water partition coefficient (Wildman–Crippen LogP) is 2.53. The highest BCUT2D eigenvalue weighted by molar-refractivity contribution is 5.94. The van der Waals surface area contributed by atoms with Crippen LogP contribution in [-0.2, 0) is 0 Å². The van der Waals surface area contributed by atoms with Crippen molar-refractivity contribution in [1.29, 1.82) is 0 Å². The molecule has 108 valence electrons. The van der Waals surface area contributed by atoms with E-state index in [1.165, 1.54) is 38.5 Å². The van der Waals surface area contributed by atoms with Crippen LogP contribution in [0, 0.1) is 5.41 Å². The second-order valence-electron chi connectivity index (χ2n) is 6.33. The number of primary amides is 1. The average molecular weight is 273 g/mol. The molecule has 0 bridgehead atoms. The first-order chi connectivity index (χ1) is 9.60. The maximum absolute atomic E-state index is 11.2. The number of carbonyl (C=O) groups is 1. The van der Waals surface area contributed by atoms with Crippen molar-refractivity contribution >= 4 is 17.3 Å². The number of nitrogen functional groups attached to an aromatic ring is 1. The molecule has 2 fully saturated rings. The number of nitrogens with zero attached hydrogens (tertiary/aromatic N) is 1. The molecule has 1 aromatic carbocycles. The van der Waals surface area contributed by atoms with E-state index in [0.717, 1.165) is 18.8 Å². The third-order valence-electron chi connectivity index (χ3n) is 5.14. The molecule has 1 saturated carbocycles. The Morgan fingerprint density at radius 3 is 2.30 bits per heavy atom. The van der Waals surface area contributed by atoms with Gasteiger partial charge in [-0.05, 0) is 49.3 Å². The van der Waals surface area contributed by atoms with Gasteiger partial charge in [-0.1, -0.05) is 12.8 Å². The number of amides is 1. The molecule has 4 heteroatoms. The van der Waals surface area contributed by atoms with Crippen LogP contribution in [0.4, 0.5) is 11.4 Å². The largest absolute Gasteiger partial charge is 0.397 e. The molecule has 4 nitrogen and oxygen atoms in total. The lowest BCUT2D eigenvalue weighted by molar-refractivity contribution is 0.100. The number of piperidine rings is 1. The van der Waals surface area contributed by atoms with Gasteiger partial charge in [-0.3, -0.25) is 4.79 Å². The van der Waals surface area contributed by atoms with Crippen molar-refractivity contribution in [2.24, 2.45) is 11.1 Å². The zero-order valence-electron chi connectivity index (χ0n) is 11.9. The zero-order valence-corrected chi connectivity index (χ0v) is 11.9. The van der Waals surface area contributed by atoms with Crippen molar-refractivity contribution in [3.05, 3.63) is 23.8 Å². The summed E-state index contributed by atoms with van der Waals surface area (Å²) < 4.78 is 0. The molecular formula is C16H23N3O. The fourth-order valence-corrected chi connectivity index (χ4v) is 3.84. The molecule has 0 unspecified atom stereocenters. The number of hydrogen-bond donors (Lipinski definition) is 2. The first-order valence-electron chi connectivity index (χ1n) is 7.54. The summed E-state index contributed by atoms with van der Waals surface area (Å²) in [5.41, 5.74) is 14.2. The fourth-order valence-electron chi connectivity index (χ4n) is 3.84. The smallest absolute Gasteiger partial charge is 0.248 e. The Bertz CT molecular complexity index is 510. The Hall–Kier alpha value is -1.71. The van der Waals surface area contributed by atoms with Crippen LogP contribution in [-0.4, -0.2) is 19.0 Å². The topological polar surface area (TPSA) is 72.4 Å². The Balaban J connectivity index is 1.73. The molecule has 0 atom stereocenters. The molecule has 1 aromatic rings. The molecule has 3 rings (SSSR count). The molecular weight excluding hydrogens is 250 g/mol. The molecule has 1 spiro atoms. The van der Waals surface area contributed by atoms with E-state index in [1.807, 2.05) is 6.07 Å². The van der Waals surface area contributed by atoms with Crippen molar-refractivity contribution in [2.75, 3.05) is 23.7 Å². The number of benzene rings is 1. The minimum Gasteiger partial charge on any atom is -0.397 e. The van der Waals surface area contributed by atoms with Gasteiger partial charge in [0.15, 0.2) is 0 Å². The lowest BCUT2D eigenvalue weighted by Gasteiger charge is -2.40. The van der Waals surface area contributed by atoms with Gasteiger partial charge in [0.05, 0.1) is 11.4 Å². The SMILES string of the molecule is NC(=O)c1ccc(N2CCC3(CCCC3)CC2)c(N)c1. The summed E-state index contributed by atoms with van der Waals surface area (Å²) in [6.45, 7) is 2.14. The number of carbonyl (C=O) groups excluding carboxylic acids is 1. The summed E-state index contributed by atoms with van der Waals surface area (Å²) in [5.74, 6) is -0.424. The van der Waals surface area contributed by atoms with E-state index in [9.17, 15) is 4.79 Å². The van der Waals surface area contributed by atoms with Crippen LogP contribution < -0.4 is 16.4 Å². The van der Waals surface area contributed by atoms with Gasteiger partial charge < -0.3 is 16.4 Å². The van der Waals surface area contributed by atoms with Crippen LogP contribution >= 0.6 is 0 Å². The van der Waals surface area contributed by atoms with Crippen molar-refractivity contribution in [3.8, 4) is 0 Å². The van der Waals surface area contributed by atoms with Gasteiger partial charge in [-0.2, -0.15) is 0 Å².